The quantitative estimate of drug-likeness (QED) is 0.486. The first kappa shape index (κ1) is 17.2. The minimum absolute atomic E-state index is 0.173. The Morgan fingerprint density at radius 2 is 2.09 bits per heavy atom. The van der Waals surface area contributed by atoms with E-state index in [1.807, 2.05) is 0 Å². The van der Waals surface area contributed by atoms with E-state index in [-0.39, 0.29) is 12.1 Å². The van der Waals surface area contributed by atoms with E-state index >= 15 is 0 Å². The number of rotatable bonds is 4. The second-order valence-electron chi connectivity index (χ2n) is 5.88. The van der Waals surface area contributed by atoms with E-state index in [4.69, 9.17) is 4.74 Å². The van der Waals surface area contributed by atoms with Crippen LogP contribution in [0.25, 0.3) is 11.1 Å². The van der Waals surface area contributed by atoms with Crippen LogP contribution in [0.2, 0.25) is 0 Å². The number of thioether (sulfide) groups is 1. The van der Waals surface area contributed by atoms with Gasteiger partial charge in [-0.2, -0.15) is 0 Å². The Morgan fingerprint density at radius 1 is 1.35 bits per heavy atom. The third-order valence-electron chi connectivity index (χ3n) is 2.87. The maximum absolute atomic E-state index is 12.7. The highest BCUT2D eigenvalue weighted by atomic mass is 32.2. The van der Waals surface area contributed by atoms with E-state index < -0.39 is 11.6 Å². The van der Waals surface area contributed by atoms with Crippen LogP contribution in [0.3, 0.4) is 0 Å². The average Bonchev–Trinajstić information content (AvgIpc) is 2.48. The van der Waals surface area contributed by atoms with E-state index in [1.54, 1.807) is 51.6 Å². The fraction of sp³-hybridized carbons (Fsp3) is 0.375. The second-order valence-corrected chi connectivity index (χ2v) is 6.65. The molecule has 23 heavy (non-hydrogen) atoms. The summed E-state index contributed by atoms with van der Waals surface area (Å²) >= 11 is 1.30. The second kappa shape index (κ2) is 6.95. The molecule has 0 fully saturated rings. The molecular weight excluding hydrogens is 314 g/mol. The third-order valence-corrected chi connectivity index (χ3v) is 3.56. The van der Waals surface area contributed by atoms with Gasteiger partial charge < -0.3 is 4.74 Å². The summed E-state index contributed by atoms with van der Waals surface area (Å²) in [5, 5.41) is 0.466. The zero-order valence-corrected chi connectivity index (χ0v) is 14.4. The van der Waals surface area contributed by atoms with Crippen molar-refractivity contribution >= 4 is 17.7 Å². The van der Waals surface area contributed by atoms with Crippen LogP contribution in [-0.2, 0) is 16.1 Å². The van der Waals surface area contributed by atoms with Gasteiger partial charge in [-0.15, -0.1) is 0 Å². The first-order chi connectivity index (χ1) is 10.8. The first-order valence-electron chi connectivity index (χ1n) is 7.08. The minimum atomic E-state index is -0.603. The lowest BCUT2D eigenvalue weighted by atomic mass is 10.1. The summed E-state index contributed by atoms with van der Waals surface area (Å²) in [5.74, 6) is -0.472. The maximum atomic E-state index is 12.7. The molecule has 2 aromatic rings. The molecule has 2 heterocycles. The molecule has 0 spiro atoms. The van der Waals surface area contributed by atoms with Gasteiger partial charge in [0.2, 0.25) is 0 Å². The Labute approximate surface area is 138 Å². The summed E-state index contributed by atoms with van der Waals surface area (Å²) in [6, 6.07) is 3.53. The van der Waals surface area contributed by atoms with Crippen molar-refractivity contribution in [2.45, 2.75) is 38.1 Å². The Bertz CT molecular complexity index is 751. The van der Waals surface area contributed by atoms with Crippen molar-refractivity contribution in [3.05, 3.63) is 41.1 Å². The number of esters is 1. The molecule has 0 bridgehead atoms. The van der Waals surface area contributed by atoms with Crippen LogP contribution in [0.5, 0.6) is 0 Å². The summed E-state index contributed by atoms with van der Waals surface area (Å²) in [6.45, 7) is 5.18. The van der Waals surface area contributed by atoms with Crippen LogP contribution < -0.4 is 5.56 Å². The highest BCUT2D eigenvalue weighted by Gasteiger charge is 2.19. The Balaban J connectivity index is 2.42. The molecule has 0 N–H and O–H groups in total. The van der Waals surface area contributed by atoms with Crippen LogP contribution in [0.1, 0.15) is 20.8 Å². The Kier molecular flexibility index (Phi) is 5.20. The summed E-state index contributed by atoms with van der Waals surface area (Å²) in [4.78, 5) is 33.1. The zero-order valence-electron chi connectivity index (χ0n) is 13.6. The summed E-state index contributed by atoms with van der Waals surface area (Å²) < 4.78 is 6.63. The van der Waals surface area contributed by atoms with Crippen molar-refractivity contribution in [3.8, 4) is 11.1 Å². The van der Waals surface area contributed by atoms with Gasteiger partial charge in [0.05, 0.1) is 5.56 Å². The van der Waals surface area contributed by atoms with E-state index in [1.165, 1.54) is 22.5 Å². The van der Waals surface area contributed by atoms with E-state index in [0.29, 0.717) is 16.3 Å². The highest BCUT2D eigenvalue weighted by Crippen LogP contribution is 2.17. The molecule has 2 rings (SSSR count). The monoisotopic (exact) mass is 333 g/mol. The van der Waals surface area contributed by atoms with E-state index in [0.717, 1.165) is 0 Å². The van der Waals surface area contributed by atoms with Crippen molar-refractivity contribution in [3.63, 3.8) is 0 Å². The third kappa shape index (κ3) is 4.41. The van der Waals surface area contributed by atoms with Gasteiger partial charge in [-0.25, -0.2) is 4.98 Å². The van der Waals surface area contributed by atoms with Crippen molar-refractivity contribution in [2.24, 2.45) is 0 Å². The molecule has 0 saturated carbocycles. The van der Waals surface area contributed by atoms with Gasteiger partial charge >= 0.3 is 5.97 Å². The maximum Gasteiger partial charge on any atom is 0.326 e. The number of aromatic nitrogens is 3. The number of hydrogen-bond donors (Lipinski definition) is 0. The molecule has 7 heteroatoms. The number of pyridine rings is 1. The largest absolute Gasteiger partial charge is 0.459 e. The summed E-state index contributed by atoms with van der Waals surface area (Å²) in [7, 11) is 0. The van der Waals surface area contributed by atoms with Gasteiger partial charge in [0.25, 0.3) is 5.56 Å². The van der Waals surface area contributed by atoms with Gasteiger partial charge in [0.15, 0.2) is 5.16 Å². The van der Waals surface area contributed by atoms with E-state index in [9.17, 15) is 9.59 Å². The smallest absolute Gasteiger partial charge is 0.326 e. The van der Waals surface area contributed by atoms with Crippen molar-refractivity contribution in [2.75, 3.05) is 6.26 Å². The number of carbonyl (C=O) groups is 1. The SMILES string of the molecule is CSc1ncc(-c2cccnc2)c(=O)n1CC(=O)OC(C)(C)C. The lowest BCUT2D eigenvalue weighted by molar-refractivity contribution is -0.155. The zero-order chi connectivity index (χ0) is 17.0. The van der Waals surface area contributed by atoms with E-state index in [2.05, 4.69) is 9.97 Å². The fourth-order valence-corrected chi connectivity index (χ4v) is 2.53. The van der Waals surface area contributed by atoms with Crippen LogP contribution >= 0.6 is 11.8 Å². The fourth-order valence-electron chi connectivity index (χ4n) is 2.00. The highest BCUT2D eigenvalue weighted by molar-refractivity contribution is 7.98. The molecule has 0 unspecified atom stereocenters. The summed E-state index contributed by atoms with van der Waals surface area (Å²) in [6.07, 6.45) is 6.54. The first-order valence-corrected chi connectivity index (χ1v) is 8.30. The van der Waals surface area contributed by atoms with Crippen molar-refractivity contribution in [1.82, 2.24) is 14.5 Å². The molecule has 0 atom stereocenters. The molecule has 6 nitrogen and oxygen atoms in total. The molecule has 0 amide bonds. The van der Waals surface area contributed by atoms with Crippen molar-refractivity contribution < 1.29 is 9.53 Å². The van der Waals surface area contributed by atoms with Gasteiger partial charge in [0, 0.05) is 24.2 Å². The van der Waals surface area contributed by atoms with Gasteiger partial charge in [-0.3, -0.25) is 19.1 Å². The normalized spacial score (nSPS) is 11.3. The van der Waals surface area contributed by atoms with Gasteiger partial charge in [0.1, 0.15) is 12.1 Å². The molecule has 2 aromatic heterocycles. The molecule has 0 aliphatic rings. The Hall–Kier alpha value is -2.15. The molecule has 122 valence electrons. The molecule has 0 aliphatic carbocycles. The standard InChI is InChI=1S/C16H19N3O3S/c1-16(2,3)22-13(20)10-19-14(21)12(9-18-15(19)23-4)11-6-5-7-17-8-11/h5-9H,10H2,1-4H3. The van der Waals surface area contributed by atoms with Crippen LogP contribution in [0.15, 0.2) is 40.7 Å². The van der Waals surface area contributed by atoms with Crippen molar-refractivity contribution in [1.29, 1.82) is 0 Å². The molecule has 0 aliphatic heterocycles. The molecule has 0 aromatic carbocycles. The van der Waals surface area contributed by atoms with Crippen LogP contribution in [-0.4, -0.2) is 32.4 Å². The number of carbonyl (C=O) groups excluding carboxylic acids is 1. The Morgan fingerprint density at radius 3 is 2.65 bits per heavy atom. The van der Waals surface area contributed by atoms with Crippen LogP contribution in [0, 0.1) is 0 Å². The van der Waals surface area contributed by atoms with Crippen LogP contribution in [0.4, 0.5) is 0 Å². The lowest BCUT2D eigenvalue weighted by Gasteiger charge is -2.20. The molecule has 0 radical (unpaired) electrons. The predicted octanol–water partition coefficient (Wildman–Crippen LogP) is 2.37. The van der Waals surface area contributed by atoms with Gasteiger partial charge in [-0.05, 0) is 33.1 Å². The number of ether oxygens (including phenoxy) is 1. The average molecular weight is 333 g/mol. The lowest BCUT2D eigenvalue weighted by Crippen LogP contribution is -2.32. The predicted molar refractivity (Wildman–Crippen MR) is 89.4 cm³/mol. The topological polar surface area (TPSA) is 74.1 Å². The molecule has 0 saturated heterocycles. The minimum Gasteiger partial charge on any atom is -0.459 e. The number of hydrogen-bond acceptors (Lipinski definition) is 6. The summed E-state index contributed by atoms with van der Waals surface area (Å²) in [5.41, 5.74) is 0.174. The number of nitrogens with zero attached hydrogens (tertiary/aromatic N) is 3. The van der Waals surface area contributed by atoms with Gasteiger partial charge in [-0.1, -0.05) is 17.8 Å². The molecular formula is C16H19N3O3S.